The van der Waals surface area contributed by atoms with E-state index in [0.29, 0.717) is 0 Å². The smallest absolute Gasteiger partial charge is 0.0855 e. The molecule has 11 heavy (non-hydrogen) atoms. The first-order valence-electron chi connectivity index (χ1n) is 3.57. The topological polar surface area (TPSA) is 38.7 Å². The summed E-state index contributed by atoms with van der Waals surface area (Å²) in [7, 11) is 1.67. The molecule has 0 aromatic heterocycles. The summed E-state index contributed by atoms with van der Waals surface area (Å²) in [5.41, 5.74) is 0. The van der Waals surface area contributed by atoms with E-state index in [1.807, 2.05) is 6.92 Å². The fourth-order valence-electron chi connectivity index (χ4n) is 1.30. The zero-order chi connectivity index (χ0) is 7.56. The SMILES string of the molecule is COC1CC(CO)OC1C.[Re]. The van der Waals surface area contributed by atoms with E-state index in [-0.39, 0.29) is 45.3 Å². The van der Waals surface area contributed by atoms with Crippen LogP contribution in [0.2, 0.25) is 0 Å². The number of ether oxygens (including phenoxy) is 2. The molecule has 0 aliphatic carbocycles. The van der Waals surface area contributed by atoms with Crippen molar-refractivity contribution < 1.29 is 35.0 Å². The molecule has 1 aliphatic rings. The van der Waals surface area contributed by atoms with E-state index in [1.54, 1.807) is 7.11 Å². The maximum Gasteiger partial charge on any atom is 0.0855 e. The van der Waals surface area contributed by atoms with Gasteiger partial charge in [0.2, 0.25) is 0 Å². The molecule has 1 N–H and O–H groups in total. The quantitative estimate of drug-likeness (QED) is 0.783. The molecular formula is C7H14O3Re. The Hall–Kier alpha value is 0.542. The summed E-state index contributed by atoms with van der Waals surface area (Å²) in [6, 6.07) is 0. The molecule has 1 saturated heterocycles. The molecule has 3 unspecified atom stereocenters. The molecule has 0 aromatic carbocycles. The van der Waals surface area contributed by atoms with E-state index in [4.69, 9.17) is 14.6 Å². The van der Waals surface area contributed by atoms with Crippen LogP contribution in [0, 0.1) is 0 Å². The maximum atomic E-state index is 8.72. The zero-order valence-corrected chi connectivity index (χ0v) is 9.50. The summed E-state index contributed by atoms with van der Waals surface area (Å²) in [5.74, 6) is 0. The third-order valence-corrected chi connectivity index (χ3v) is 1.93. The largest absolute Gasteiger partial charge is 0.394 e. The molecular weight excluding hydrogens is 318 g/mol. The Labute approximate surface area is 80.7 Å². The molecule has 0 amide bonds. The number of hydrogen-bond donors (Lipinski definition) is 1. The first-order valence-corrected chi connectivity index (χ1v) is 3.57. The molecule has 0 bridgehead atoms. The van der Waals surface area contributed by atoms with Crippen molar-refractivity contribution >= 4 is 0 Å². The predicted octanol–water partition coefficient (Wildman–Crippen LogP) is 0.169. The normalized spacial score (nSPS) is 36.8. The van der Waals surface area contributed by atoms with Gasteiger partial charge in [-0.3, -0.25) is 0 Å². The van der Waals surface area contributed by atoms with Crippen LogP contribution in [0.3, 0.4) is 0 Å². The fraction of sp³-hybridized carbons (Fsp3) is 1.00. The van der Waals surface area contributed by atoms with Crippen molar-refractivity contribution in [3.05, 3.63) is 0 Å². The van der Waals surface area contributed by atoms with Crippen LogP contribution < -0.4 is 0 Å². The van der Waals surface area contributed by atoms with Crippen LogP contribution in [0.1, 0.15) is 13.3 Å². The predicted molar refractivity (Wildman–Crippen MR) is 36.8 cm³/mol. The minimum atomic E-state index is -0.0139. The van der Waals surface area contributed by atoms with Gasteiger partial charge in [-0.2, -0.15) is 0 Å². The van der Waals surface area contributed by atoms with E-state index >= 15 is 0 Å². The number of aliphatic hydroxyl groups excluding tert-OH is 1. The molecule has 1 heterocycles. The van der Waals surface area contributed by atoms with E-state index < -0.39 is 0 Å². The van der Waals surface area contributed by atoms with Gasteiger partial charge in [-0.25, -0.2) is 0 Å². The average Bonchev–Trinajstić information content (AvgIpc) is 2.30. The Morgan fingerprint density at radius 1 is 1.64 bits per heavy atom. The first kappa shape index (κ1) is 11.5. The van der Waals surface area contributed by atoms with Crippen molar-refractivity contribution in [1.29, 1.82) is 0 Å². The number of methoxy groups -OCH3 is 1. The van der Waals surface area contributed by atoms with E-state index in [2.05, 4.69) is 0 Å². The Morgan fingerprint density at radius 3 is 2.55 bits per heavy atom. The molecule has 1 rings (SSSR count). The molecule has 1 radical (unpaired) electrons. The molecule has 0 aromatic rings. The summed E-state index contributed by atoms with van der Waals surface area (Å²) in [6.07, 6.45) is 1.09. The van der Waals surface area contributed by atoms with Gasteiger partial charge >= 0.3 is 0 Å². The second-order valence-corrected chi connectivity index (χ2v) is 2.66. The fourth-order valence-corrected chi connectivity index (χ4v) is 1.30. The molecule has 0 spiro atoms. The molecule has 1 aliphatic heterocycles. The van der Waals surface area contributed by atoms with Gasteiger partial charge in [0.15, 0.2) is 0 Å². The standard InChI is InChI=1S/C7H14O3.Re/c1-5-7(9-2)3-6(4-8)10-5;/h5-8H,3-4H2,1-2H3;. The van der Waals surface area contributed by atoms with Crippen molar-refractivity contribution in [2.75, 3.05) is 13.7 Å². The van der Waals surface area contributed by atoms with E-state index in [0.717, 1.165) is 6.42 Å². The monoisotopic (exact) mass is 333 g/mol. The molecule has 3 nitrogen and oxygen atoms in total. The molecule has 67 valence electrons. The summed E-state index contributed by atoms with van der Waals surface area (Å²) in [4.78, 5) is 0. The van der Waals surface area contributed by atoms with Crippen LogP contribution in [0.5, 0.6) is 0 Å². The van der Waals surface area contributed by atoms with Gasteiger partial charge in [-0.1, -0.05) is 0 Å². The van der Waals surface area contributed by atoms with Gasteiger partial charge < -0.3 is 14.6 Å². The number of rotatable bonds is 2. The van der Waals surface area contributed by atoms with Crippen LogP contribution in [0.15, 0.2) is 0 Å². The van der Waals surface area contributed by atoms with Gasteiger partial charge in [0, 0.05) is 34.0 Å². The van der Waals surface area contributed by atoms with Crippen LogP contribution in [-0.2, 0) is 29.9 Å². The molecule has 4 heteroatoms. The van der Waals surface area contributed by atoms with E-state index in [1.165, 1.54) is 0 Å². The number of aliphatic hydroxyl groups is 1. The maximum absolute atomic E-state index is 8.72. The Balaban J connectivity index is 0.000001000. The minimum Gasteiger partial charge on any atom is -0.394 e. The Kier molecular flexibility index (Phi) is 5.49. The third-order valence-electron chi connectivity index (χ3n) is 1.93. The molecule has 0 saturated carbocycles. The Morgan fingerprint density at radius 2 is 2.27 bits per heavy atom. The van der Waals surface area contributed by atoms with Gasteiger partial charge in [0.1, 0.15) is 0 Å². The van der Waals surface area contributed by atoms with E-state index in [9.17, 15) is 0 Å². The van der Waals surface area contributed by atoms with Crippen molar-refractivity contribution in [2.45, 2.75) is 31.7 Å². The summed E-state index contributed by atoms with van der Waals surface area (Å²) in [5, 5.41) is 8.72. The summed E-state index contributed by atoms with van der Waals surface area (Å²) >= 11 is 0. The van der Waals surface area contributed by atoms with Crippen molar-refractivity contribution in [3.63, 3.8) is 0 Å². The van der Waals surface area contributed by atoms with Crippen LogP contribution >= 0.6 is 0 Å². The van der Waals surface area contributed by atoms with Crippen molar-refractivity contribution in [2.24, 2.45) is 0 Å². The van der Waals surface area contributed by atoms with Crippen LogP contribution in [0.4, 0.5) is 0 Å². The summed E-state index contributed by atoms with van der Waals surface area (Å²) < 4.78 is 10.5. The van der Waals surface area contributed by atoms with Gasteiger partial charge in [-0.15, -0.1) is 0 Å². The molecule has 1 fully saturated rings. The Bertz CT molecular complexity index is 110. The minimum absolute atomic E-state index is 0. The van der Waals surface area contributed by atoms with Crippen LogP contribution in [-0.4, -0.2) is 37.1 Å². The second-order valence-electron chi connectivity index (χ2n) is 2.66. The third kappa shape index (κ3) is 2.81. The zero-order valence-electron chi connectivity index (χ0n) is 6.79. The molecule has 3 atom stereocenters. The second kappa shape index (κ2) is 5.23. The van der Waals surface area contributed by atoms with Gasteiger partial charge in [0.05, 0.1) is 24.9 Å². The van der Waals surface area contributed by atoms with Gasteiger partial charge in [-0.05, 0) is 6.92 Å². The average molecular weight is 332 g/mol. The number of hydrogen-bond acceptors (Lipinski definition) is 3. The first-order chi connectivity index (χ1) is 4.77. The van der Waals surface area contributed by atoms with Crippen molar-refractivity contribution in [3.8, 4) is 0 Å². The summed E-state index contributed by atoms with van der Waals surface area (Å²) in [6.45, 7) is 2.06. The van der Waals surface area contributed by atoms with Crippen molar-refractivity contribution in [1.82, 2.24) is 0 Å². The van der Waals surface area contributed by atoms with Gasteiger partial charge in [0.25, 0.3) is 0 Å². The van der Waals surface area contributed by atoms with Crippen LogP contribution in [0.25, 0.3) is 0 Å².